The Bertz CT molecular complexity index is 2330. The van der Waals surface area contributed by atoms with Crippen molar-refractivity contribution in [1.29, 1.82) is 0 Å². The van der Waals surface area contributed by atoms with Crippen molar-refractivity contribution >= 4 is 64.4 Å². The number of likely N-dealkylation sites (N-methyl/N-ethyl adjacent to an activating group) is 4. The van der Waals surface area contributed by atoms with Gasteiger partial charge in [-0.1, -0.05) is 114 Å². The van der Waals surface area contributed by atoms with Crippen LogP contribution in [0.2, 0.25) is 0 Å². The number of Topliss-reactive ketones (excluding diaryl/α,β-unsaturated/α-hetero) is 5. The number of nitrogens with one attached hydrogen (secondary N) is 2. The van der Waals surface area contributed by atoms with E-state index in [2.05, 4.69) is 10.6 Å². The van der Waals surface area contributed by atoms with Gasteiger partial charge in [0, 0.05) is 84.5 Å². The average Bonchev–Trinajstić information content (AvgIpc) is 1.52. The Morgan fingerprint density at radius 3 is 1.58 bits per heavy atom. The van der Waals surface area contributed by atoms with Crippen LogP contribution in [0.25, 0.3) is 0 Å². The van der Waals surface area contributed by atoms with Crippen LogP contribution in [-0.4, -0.2) is 184 Å². The number of rotatable bonds is 18. The molecule has 0 saturated carbocycles. The van der Waals surface area contributed by atoms with Crippen LogP contribution >= 0.6 is 0 Å². The fourth-order valence-electron chi connectivity index (χ4n) is 11.6. The highest BCUT2D eigenvalue weighted by atomic mass is 16.5. The third-order valence-corrected chi connectivity index (χ3v) is 16.8. The van der Waals surface area contributed by atoms with E-state index in [0.29, 0.717) is 6.42 Å². The molecular formula is C66H112N6O14. The van der Waals surface area contributed by atoms with E-state index in [1.165, 1.54) is 60.8 Å². The Morgan fingerprint density at radius 1 is 0.558 bits per heavy atom. The SMILES string of the molecule is C/C=C/C[C@@H](C)[C@@H](O)[C@@H]1CC(=O)[C@H](C(C)C)N(C)C(=O)[C@H](CC(C)C)CC(=O)[C@H](CC(C)C)N(C)C(=O)[C@@H](C)NC(=O)[C@H](C)CC(=O)[C@H](CC(C)C)N(C)C(=O)[C@H](C(C)C)CC(=O)[C@H]([C@@H](C)OC/C=C/CO)N(C)C(=O)CCC(=O)[C@H](CC)NC1=O. The van der Waals surface area contributed by atoms with Gasteiger partial charge in [-0.3, -0.25) is 52.7 Å². The molecule has 1 saturated heterocycles. The van der Waals surface area contributed by atoms with E-state index in [-0.39, 0.29) is 82.3 Å². The summed E-state index contributed by atoms with van der Waals surface area (Å²) in [6, 6.07) is -6.75. The van der Waals surface area contributed by atoms with Crippen LogP contribution in [0.1, 0.15) is 181 Å². The number of nitrogens with zero attached hydrogens (tertiary/aromatic N) is 4. The van der Waals surface area contributed by atoms with Crippen LogP contribution in [0.15, 0.2) is 24.3 Å². The molecule has 490 valence electrons. The summed E-state index contributed by atoms with van der Waals surface area (Å²) >= 11 is 0. The molecule has 4 N–H and O–H groups in total. The lowest BCUT2D eigenvalue weighted by Crippen LogP contribution is -2.53. The van der Waals surface area contributed by atoms with Gasteiger partial charge in [-0.2, -0.15) is 0 Å². The molecule has 0 bridgehead atoms. The predicted molar refractivity (Wildman–Crippen MR) is 333 cm³/mol. The first kappa shape index (κ1) is 78.5. The molecule has 0 aromatic carbocycles. The van der Waals surface area contributed by atoms with Crippen LogP contribution in [0.3, 0.4) is 0 Å². The second-order valence-electron chi connectivity index (χ2n) is 26.3. The minimum atomic E-state index is -1.39. The molecule has 0 unspecified atom stereocenters. The van der Waals surface area contributed by atoms with Gasteiger partial charge in [-0.25, -0.2) is 0 Å². The van der Waals surface area contributed by atoms with Gasteiger partial charge in [-0.05, 0) is 88.4 Å². The van der Waals surface area contributed by atoms with Gasteiger partial charge < -0.3 is 45.2 Å². The zero-order chi connectivity index (χ0) is 66.2. The Balaban J connectivity index is 4.23. The highest BCUT2D eigenvalue weighted by molar-refractivity contribution is 5.99. The molecule has 86 heavy (non-hydrogen) atoms. The molecule has 0 aliphatic carbocycles. The van der Waals surface area contributed by atoms with E-state index in [1.807, 2.05) is 54.5 Å². The van der Waals surface area contributed by atoms with Gasteiger partial charge in [-0.15, -0.1) is 0 Å². The Morgan fingerprint density at radius 2 is 1.08 bits per heavy atom. The maximum absolute atomic E-state index is 14.9. The number of aliphatic hydroxyl groups is 2. The van der Waals surface area contributed by atoms with Crippen LogP contribution < -0.4 is 10.6 Å². The highest BCUT2D eigenvalue weighted by Crippen LogP contribution is 2.30. The van der Waals surface area contributed by atoms with Gasteiger partial charge in [0.25, 0.3) is 0 Å². The standard InChI is InChI=1S/C66H112N6O14/c1-21-23-26-43(13)61(80)49-37-56(77)59(42(11)12)72(20)65(84)47(31-38(3)4)35-55(76)52(33-40(7)8)69(17)64(83)45(15)67-62(81)44(14)34-54(75)51(32-39(5)6)70(18)66(85)48(41(9)10)36-57(78)60(46(16)86-30-25-24-29-73)71(19)58(79)28-27-53(74)50(22-2)68-63(49)82/h21,23-25,38-52,59-61,73,80H,22,26-37H2,1-20H3,(H,67,81)(H,68,82)/b23-21+,25-24+/t43-,44-,45-,46-,47-,48+,49+,50+,51+,52+,59+,60+,61-/m1/s1. The zero-order valence-electron chi connectivity index (χ0n) is 56.0. The minimum absolute atomic E-state index is 0.0399. The summed E-state index contributed by atoms with van der Waals surface area (Å²) in [6.45, 7) is 27.9. The van der Waals surface area contributed by atoms with Crippen LogP contribution in [0.4, 0.5) is 0 Å². The Hall–Kier alpha value is -5.47. The highest BCUT2D eigenvalue weighted by Gasteiger charge is 2.43. The largest absolute Gasteiger partial charge is 0.392 e. The molecule has 1 aliphatic rings. The average molecular weight is 1210 g/mol. The van der Waals surface area contributed by atoms with E-state index >= 15 is 0 Å². The summed E-state index contributed by atoms with van der Waals surface area (Å²) in [6.07, 6.45) is 3.12. The van der Waals surface area contributed by atoms with Gasteiger partial charge >= 0.3 is 0 Å². The van der Waals surface area contributed by atoms with E-state index in [9.17, 15) is 63.0 Å². The van der Waals surface area contributed by atoms with E-state index < -0.39 is 167 Å². The second-order valence-corrected chi connectivity index (χ2v) is 26.3. The monoisotopic (exact) mass is 1210 g/mol. The van der Waals surface area contributed by atoms with E-state index in [1.54, 1.807) is 67.5 Å². The number of carbonyl (C=O) groups is 11. The third-order valence-electron chi connectivity index (χ3n) is 16.8. The number of hydrogen-bond donors (Lipinski definition) is 4. The number of hydrogen-bond acceptors (Lipinski definition) is 14. The molecule has 1 rings (SSSR count). The first-order valence-electron chi connectivity index (χ1n) is 31.5. The quantitative estimate of drug-likeness (QED) is 0.103. The third kappa shape index (κ3) is 24.2. The fraction of sp³-hybridized carbons (Fsp3) is 0.773. The number of allylic oxidation sites excluding steroid dienone is 2. The van der Waals surface area contributed by atoms with Crippen LogP contribution in [0, 0.1) is 59.2 Å². The van der Waals surface area contributed by atoms with E-state index in [0.717, 1.165) is 0 Å². The van der Waals surface area contributed by atoms with Crippen molar-refractivity contribution in [2.75, 3.05) is 41.4 Å². The molecule has 20 heteroatoms. The molecular weight excluding hydrogens is 1100 g/mol. The molecule has 0 aromatic heterocycles. The van der Waals surface area contributed by atoms with Crippen molar-refractivity contribution in [2.45, 2.75) is 230 Å². The summed E-state index contributed by atoms with van der Waals surface area (Å²) in [4.78, 5) is 165. The number of ketones is 5. The van der Waals surface area contributed by atoms with Gasteiger partial charge in [0.2, 0.25) is 35.4 Å². The summed E-state index contributed by atoms with van der Waals surface area (Å²) < 4.78 is 6.00. The normalized spacial score (nSPS) is 27.2. The molecule has 0 spiro atoms. The summed E-state index contributed by atoms with van der Waals surface area (Å²) in [7, 11) is 5.84. The number of ether oxygens (including phenoxy) is 1. The smallest absolute Gasteiger partial charge is 0.245 e. The van der Waals surface area contributed by atoms with Crippen LogP contribution in [-0.2, 0) is 57.5 Å². The number of aliphatic hydroxyl groups excluding tert-OH is 2. The van der Waals surface area contributed by atoms with Crippen molar-refractivity contribution in [2.24, 2.45) is 59.2 Å². The lowest BCUT2D eigenvalue weighted by molar-refractivity contribution is -0.148. The zero-order valence-corrected chi connectivity index (χ0v) is 56.0. The first-order chi connectivity index (χ1) is 40.0. The van der Waals surface area contributed by atoms with Gasteiger partial charge in [0.05, 0.1) is 55.5 Å². The lowest BCUT2D eigenvalue weighted by Gasteiger charge is -2.36. The molecule has 1 heterocycles. The topological polar surface area (TPSA) is 274 Å². The predicted octanol–water partition coefficient (Wildman–Crippen LogP) is 6.75. The first-order valence-corrected chi connectivity index (χ1v) is 31.5. The summed E-state index contributed by atoms with van der Waals surface area (Å²) in [5, 5.41) is 26.8. The number of carbonyl (C=O) groups excluding carboxylic acids is 11. The lowest BCUT2D eigenvalue weighted by atomic mass is 9.82. The fourth-order valence-corrected chi connectivity index (χ4v) is 11.6. The van der Waals surface area contributed by atoms with Crippen molar-refractivity contribution in [3.05, 3.63) is 24.3 Å². The molecule has 6 amide bonds. The van der Waals surface area contributed by atoms with Crippen LogP contribution in [0.5, 0.6) is 0 Å². The molecule has 13 atom stereocenters. The minimum Gasteiger partial charge on any atom is -0.392 e. The Kier molecular flexibility index (Phi) is 34.8. The molecule has 1 aliphatic heterocycles. The van der Waals surface area contributed by atoms with Crippen molar-refractivity contribution in [3.63, 3.8) is 0 Å². The summed E-state index contributed by atoms with van der Waals surface area (Å²) in [5.41, 5.74) is 0. The Labute approximate surface area is 515 Å². The summed E-state index contributed by atoms with van der Waals surface area (Å²) in [5.74, 6) is -12.1. The number of amides is 6. The van der Waals surface area contributed by atoms with Crippen molar-refractivity contribution in [3.8, 4) is 0 Å². The van der Waals surface area contributed by atoms with Crippen molar-refractivity contribution < 1.29 is 67.7 Å². The second kappa shape index (κ2) is 38.1. The molecule has 0 aromatic rings. The van der Waals surface area contributed by atoms with Crippen molar-refractivity contribution in [1.82, 2.24) is 30.2 Å². The maximum Gasteiger partial charge on any atom is 0.245 e. The molecule has 0 radical (unpaired) electrons. The maximum atomic E-state index is 14.9. The van der Waals surface area contributed by atoms with E-state index in [4.69, 9.17) is 4.74 Å². The van der Waals surface area contributed by atoms with Gasteiger partial charge in [0.1, 0.15) is 12.1 Å². The molecule has 1 fully saturated rings. The molecule has 20 nitrogen and oxygen atoms in total. The van der Waals surface area contributed by atoms with Gasteiger partial charge in [0.15, 0.2) is 28.9 Å².